The molecular formula is C27H20N2OS. The van der Waals surface area contributed by atoms with E-state index in [9.17, 15) is 4.79 Å². The highest BCUT2D eigenvalue weighted by molar-refractivity contribution is 7.22. The lowest BCUT2D eigenvalue weighted by Crippen LogP contribution is -2.12. The molecule has 1 N–H and O–H groups in total. The highest BCUT2D eigenvalue weighted by atomic mass is 32.1. The van der Waals surface area contributed by atoms with E-state index in [1.165, 1.54) is 11.1 Å². The Bertz CT molecular complexity index is 1360. The number of nitrogens with one attached hydrogen (secondary N) is 1. The lowest BCUT2D eigenvalue weighted by molar-refractivity contribution is 0.102. The minimum atomic E-state index is -0.112. The average molecular weight is 421 g/mol. The molecule has 2 aromatic heterocycles. The van der Waals surface area contributed by atoms with Gasteiger partial charge in [0, 0.05) is 33.0 Å². The van der Waals surface area contributed by atoms with E-state index in [1.54, 1.807) is 35.9 Å². The Labute approximate surface area is 185 Å². The fraction of sp³-hybridized carbons (Fsp3) is 0.0370. The maximum absolute atomic E-state index is 13.4. The molecule has 0 fully saturated rings. The smallest absolute Gasteiger partial charge is 0.257 e. The number of amides is 1. The van der Waals surface area contributed by atoms with E-state index in [0.717, 1.165) is 31.8 Å². The van der Waals surface area contributed by atoms with Crippen molar-refractivity contribution in [3.05, 3.63) is 108 Å². The second-order valence-electron chi connectivity index (χ2n) is 7.44. The highest BCUT2D eigenvalue weighted by Crippen LogP contribution is 2.40. The number of hydrogen-bond donors (Lipinski definition) is 1. The summed E-state index contributed by atoms with van der Waals surface area (Å²) >= 11 is 1.65. The molecule has 0 bridgehead atoms. The van der Waals surface area contributed by atoms with Crippen molar-refractivity contribution in [2.24, 2.45) is 0 Å². The maximum atomic E-state index is 13.4. The van der Waals surface area contributed by atoms with Gasteiger partial charge in [-0.1, -0.05) is 72.3 Å². The Kier molecular flexibility index (Phi) is 5.06. The molecule has 3 aromatic carbocycles. The summed E-state index contributed by atoms with van der Waals surface area (Å²) in [5, 5.41) is 3.99. The predicted molar refractivity (Wildman–Crippen MR) is 130 cm³/mol. The number of aryl methyl sites for hydroxylation is 1. The van der Waals surface area contributed by atoms with E-state index in [2.05, 4.69) is 71.8 Å². The zero-order valence-electron chi connectivity index (χ0n) is 17.0. The molecule has 0 saturated heterocycles. The molecule has 2 heterocycles. The first-order valence-corrected chi connectivity index (χ1v) is 10.9. The molecule has 31 heavy (non-hydrogen) atoms. The van der Waals surface area contributed by atoms with Crippen LogP contribution in [0.4, 0.5) is 5.69 Å². The van der Waals surface area contributed by atoms with Crippen molar-refractivity contribution < 1.29 is 4.79 Å². The van der Waals surface area contributed by atoms with Gasteiger partial charge in [0.05, 0.1) is 5.56 Å². The molecular weight excluding hydrogens is 400 g/mol. The Balaban J connectivity index is 1.64. The van der Waals surface area contributed by atoms with Gasteiger partial charge < -0.3 is 5.32 Å². The highest BCUT2D eigenvalue weighted by Gasteiger charge is 2.21. The monoisotopic (exact) mass is 420 g/mol. The molecule has 1 amide bonds. The van der Waals surface area contributed by atoms with Crippen molar-refractivity contribution in [3.63, 3.8) is 0 Å². The van der Waals surface area contributed by atoms with Gasteiger partial charge in [-0.25, -0.2) is 0 Å². The number of benzene rings is 3. The van der Waals surface area contributed by atoms with Crippen LogP contribution in [0.15, 0.2) is 97.3 Å². The van der Waals surface area contributed by atoms with Crippen molar-refractivity contribution >= 4 is 33.0 Å². The minimum absolute atomic E-state index is 0.112. The molecule has 3 nitrogen and oxygen atoms in total. The Morgan fingerprint density at radius 1 is 0.806 bits per heavy atom. The number of carbonyl (C=O) groups excluding carboxylic acids is 1. The van der Waals surface area contributed by atoms with Crippen LogP contribution in [-0.2, 0) is 0 Å². The van der Waals surface area contributed by atoms with Crippen molar-refractivity contribution in [1.82, 2.24) is 4.98 Å². The Morgan fingerprint density at radius 3 is 2.26 bits per heavy atom. The zero-order valence-corrected chi connectivity index (χ0v) is 17.8. The van der Waals surface area contributed by atoms with E-state index in [4.69, 9.17) is 0 Å². The van der Waals surface area contributed by atoms with Gasteiger partial charge in [-0.05, 0) is 41.8 Å². The van der Waals surface area contributed by atoms with Crippen LogP contribution in [0.5, 0.6) is 0 Å². The summed E-state index contributed by atoms with van der Waals surface area (Å²) in [4.78, 5) is 18.4. The summed E-state index contributed by atoms with van der Waals surface area (Å²) < 4.78 is 1.09. The van der Waals surface area contributed by atoms with E-state index in [-0.39, 0.29) is 5.91 Å². The topological polar surface area (TPSA) is 42.0 Å². The first-order valence-electron chi connectivity index (χ1n) is 10.1. The summed E-state index contributed by atoms with van der Waals surface area (Å²) in [6.07, 6.45) is 3.35. The number of carbonyl (C=O) groups is 1. The summed E-state index contributed by atoms with van der Waals surface area (Å²) in [5.74, 6) is -0.112. The number of aromatic nitrogens is 1. The number of pyridine rings is 1. The molecule has 0 spiro atoms. The fourth-order valence-electron chi connectivity index (χ4n) is 3.67. The summed E-state index contributed by atoms with van der Waals surface area (Å²) in [7, 11) is 0. The normalized spacial score (nSPS) is 10.9. The van der Waals surface area contributed by atoms with Crippen LogP contribution in [0.2, 0.25) is 0 Å². The standard InChI is InChI=1S/C27H20N2OS/c1-18-7-9-19(10-8-18)21-11-12-23-24(17-21)31-26(20-5-3-2-4-6-20)25(23)27(30)29-22-13-15-28-16-14-22/h2-17H,1H3,(H,28,29,30). The third kappa shape index (κ3) is 3.86. The molecule has 0 aliphatic heterocycles. The van der Waals surface area contributed by atoms with Crippen molar-refractivity contribution in [2.45, 2.75) is 6.92 Å². The van der Waals surface area contributed by atoms with Gasteiger partial charge in [-0.2, -0.15) is 0 Å². The van der Waals surface area contributed by atoms with Crippen LogP contribution >= 0.6 is 11.3 Å². The predicted octanol–water partition coefficient (Wildman–Crippen LogP) is 7.19. The second-order valence-corrected chi connectivity index (χ2v) is 8.49. The third-order valence-electron chi connectivity index (χ3n) is 5.28. The summed E-state index contributed by atoms with van der Waals surface area (Å²) in [6.45, 7) is 2.09. The molecule has 0 unspecified atom stereocenters. The molecule has 0 aliphatic rings. The van der Waals surface area contributed by atoms with Gasteiger partial charge in [-0.15, -0.1) is 11.3 Å². The van der Waals surface area contributed by atoms with Gasteiger partial charge >= 0.3 is 0 Å². The summed E-state index contributed by atoms with van der Waals surface area (Å²) in [5.41, 5.74) is 6.04. The number of nitrogens with zero attached hydrogens (tertiary/aromatic N) is 1. The molecule has 5 rings (SSSR count). The molecule has 0 aliphatic carbocycles. The fourth-order valence-corrected chi connectivity index (χ4v) is 4.91. The van der Waals surface area contributed by atoms with Gasteiger partial charge in [0.2, 0.25) is 0 Å². The first-order chi connectivity index (χ1) is 15.2. The van der Waals surface area contributed by atoms with Crippen LogP contribution in [0.25, 0.3) is 31.7 Å². The van der Waals surface area contributed by atoms with Crippen molar-refractivity contribution in [1.29, 1.82) is 0 Å². The van der Waals surface area contributed by atoms with Crippen LogP contribution in [0.1, 0.15) is 15.9 Å². The number of thiophene rings is 1. The Hall–Kier alpha value is -3.76. The van der Waals surface area contributed by atoms with Crippen LogP contribution < -0.4 is 5.32 Å². The first kappa shape index (κ1) is 19.2. The van der Waals surface area contributed by atoms with E-state index < -0.39 is 0 Å². The van der Waals surface area contributed by atoms with Crippen molar-refractivity contribution in [3.8, 4) is 21.6 Å². The Morgan fingerprint density at radius 2 is 1.52 bits per heavy atom. The van der Waals surface area contributed by atoms with Gasteiger partial charge in [0.15, 0.2) is 0 Å². The maximum Gasteiger partial charge on any atom is 0.257 e. The minimum Gasteiger partial charge on any atom is -0.322 e. The van der Waals surface area contributed by atoms with E-state index in [1.807, 2.05) is 18.2 Å². The van der Waals surface area contributed by atoms with Gasteiger partial charge in [0.25, 0.3) is 5.91 Å². The second kappa shape index (κ2) is 8.17. The number of anilines is 1. The zero-order chi connectivity index (χ0) is 21.2. The van der Waals surface area contributed by atoms with E-state index >= 15 is 0 Å². The summed E-state index contributed by atoms with van der Waals surface area (Å²) in [6, 6.07) is 28.5. The van der Waals surface area contributed by atoms with Crippen LogP contribution in [0.3, 0.4) is 0 Å². The lowest BCUT2D eigenvalue weighted by atomic mass is 10.0. The van der Waals surface area contributed by atoms with Crippen molar-refractivity contribution in [2.75, 3.05) is 5.32 Å². The quantitative estimate of drug-likeness (QED) is 0.334. The lowest BCUT2D eigenvalue weighted by Gasteiger charge is -2.07. The SMILES string of the molecule is Cc1ccc(-c2ccc3c(C(=O)Nc4ccncc4)c(-c4ccccc4)sc3c2)cc1. The molecule has 150 valence electrons. The molecule has 0 radical (unpaired) electrons. The number of rotatable bonds is 4. The largest absolute Gasteiger partial charge is 0.322 e. The number of hydrogen-bond acceptors (Lipinski definition) is 3. The molecule has 4 heteroatoms. The van der Waals surface area contributed by atoms with E-state index in [0.29, 0.717) is 5.56 Å². The average Bonchev–Trinajstić information content (AvgIpc) is 3.20. The molecule has 0 saturated carbocycles. The number of fused-ring (bicyclic) bond motifs is 1. The third-order valence-corrected chi connectivity index (χ3v) is 6.48. The molecule has 5 aromatic rings. The molecule has 0 atom stereocenters. The van der Waals surface area contributed by atoms with Gasteiger partial charge in [-0.3, -0.25) is 9.78 Å². The van der Waals surface area contributed by atoms with Crippen LogP contribution in [0, 0.1) is 6.92 Å². The van der Waals surface area contributed by atoms with Crippen LogP contribution in [-0.4, -0.2) is 10.9 Å². The van der Waals surface area contributed by atoms with Gasteiger partial charge in [0.1, 0.15) is 0 Å².